The molecule has 1 aromatic heterocycles. The number of hydrogen-bond donors (Lipinski definition) is 1. The Bertz CT molecular complexity index is 710. The first-order valence-corrected chi connectivity index (χ1v) is 6.88. The fourth-order valence-corrected chi connectivity index (χ4v) is 2.21. The van der Waals surface area contributed by atoms with Crippen LogP contribution in [0.1, 0.15) is 22.4 Å². The summed E-state index contributed by atoms with van der Waals surface area (Å²) in [5.74, 6) is -1.31. The third-order valence-corrected chi connectivity index (χ3v) is 3.26. The van der Waals surface area contributed by atoms with Gasteiger partial charge >= 0.3 is 12.1 Å². The van der Waals surface area contributed by atoms with Crippen LogP contribution in [0.5, 0.6) is 0 Å². The van der Waals surface area contributed by atoms with Gasteiger partial charge in [-0.3, -0.25) is 4.98 Å². The Labute approximate surface area is 131 Å². The predicted molar refractivity (Wildman–Crippen MR) is 79.8 cm³/mol. The largest absolute Gasteiger partial charge is 0.478 e. The van der Waals surface area contributed by atoms with Gasteiger partial charge in [0.1, 0.15) is 0 Å². The minimum absolute atomic E-state index is 0.196. The quantitative estimate of drug-likeness (QED) is 0.847. The zero-order valence-electron chi connectivity index (χ0n) is 12.0. The Morgan fingerprint density at radius 3 is 2.43 bits per heavy atom. The number of nitrogens with zero attached hydrogens (tertiary/aromatic N) is 1. The Hall–Kier alpha value is -2.63. The molecule has 0 saturated carbocycles. The molecule has 0 unspecified atom stereocenters. The lowest BCUT2D eigenvalue weighted by atomic mass is 10.00. The zero-order valence-corrected chi connectivity index (χ0v) is 12.0. The van der Waals surface area contributed by atoms with Crippen molar-refractivity contribution in [1.82, 2.24) is 4.98 Å². The van der Waals surface area contributed by atoms with Crippen LogP contribution in [0.3, 0.4) is 0 Å². The van der Waals surface area contributed by atoms with Gasteiger partial charge in [0, 0.05) is 23.5 Å². The van der Waals surface area contributed by atoms with Crippen LogP contribution in [0, 0.1) is 0 Å². The summed E-state index contributed by atoms with van der Waals surface area (Å²) in [6.45, 7) is 0. The summed E-state index contributed by atoms with van der Waals surface area (Å²) < 4.78 is 39.3. The fraction of sp³-hybridized carbons (Fsp3) is 0.176. The highest BCUT2D eigenvalue weighted by molar-refractivity contribution is 5.85. The average Bonchev–Trinajstić information content (AvgIpc) is 2.51. The Morgan fingerprint density at radius 2 is 1.83 bits per heavy atom. The summed E-state index contributed by atoms with van der Waals surface area (Å²) in [5, 5.41) is 8.68. The zero-order chi connectivity index (χ0) is 16.9. The number of alkyl halides is 3. The molecule has 0 aliphatic rings. The van der Waals surface area contributed by atoms with Gasteiger partial charge in [-0.2, -0.15) is 13.2 Å². The Kier molecular flexibility index (Phi) is 5.16. The lowest BCUT2D eigenvalue weighted by Gasteiger charge is -2.13. The average molecular weight is 321 g/mol. The lowest BCUT2D eigenvalue weighted by molar-refractivity contribution is -0.138. The van der Waals surface area contributed by atoms with E-state index in [0.717, 1.165) is 23.9 Å². The van der Waals surface area contributed by atoms with Crippen LogP contribution < -0.4 is 0 Å². The summed E-state index contributed by atoms with van der Waals surface area (Å²) in [6, 6.07) is 10.2. The van der Waals surface area contributed by atoms with Crippen LogP contribution in [0.15, 0.2) is 48.7 Å². The number of aliphatic carboxylic acids is 1. The first-order valence-electron chi connectivity index (χ1n) is 6.88. The monoisotopic (exact) mass is 321 g/mol. The van der Waals surface area contributed by atoms with Crippen molar-refractivity contribution in [3.8, 4) is 0 Å². The molecule has 2 aromatic rings. The molecule has 1 aromatic carbocycles. The Balaban J connectivity index is 2.36. The topological polar surface area (TPSA) is 50.2 Å². The summed E-state index contributed by atoms with van der Waals surface area (Å²) in [7, 11) is 0. The molecule has 3 nitrogen and oxygen atoms in total. The van der Waals surface area contributed by atoms with Crippen LogP contribution in [0.2, 0.25) is 0 Å². The number of aryl methyl sites for hydroxylation is 2. The molecule has 2 rings (SSSR count). The molecule has 0 saturated heterocycles. The minimum Gasteiger partial charge on any atom is -0.478 e. The van der Waals surface area contributed by atoms with Crippen LogP contribution in [0.25, 0.3) is 6.08 Å². The highest BCUT2D eigenvalue weighted by atomic mass is 19.4. The summed E-state index contributed by atoms with van der Waals surface area (Å²) >= 11 is 0. The number of hydrogen-bond acceptors (Lipinski definition) is 2. The van der Waals surface area contributed by atoms with E-state index in [1.807, 2.05) is 30.3 Å². The lowest BCUT2D eigenvalue weighted by Crippen LogP contribution is -2.11. The minimum atomic E-state index is -4.57. The van der Waals surface area contributed by atoms with E-state index in [2.05, 4.69) is 4.98 Å². The van der Waals surface area contributed by atoms with E-state index < -0.39 is 17.7 Å². The molecule has 0 atom stereocenters. The van der Waals surface area contributed by atoms with E-state index in [0.29, 0.717) is 12.5 Å². The molecule has 1 N–H and O–H groups in total. The first kappa shape index (κ1) is 16.7. The van der Waals surface area contributed by atoms with Gasteiger partial charge in [-0.25, -0.2) is 4.79 Å². The maximum Gasteiger partial charge on any atom is 0.417 e. The van der Waals surface area contributed by atoms with Crippen LogP contribution >= 0.6 is 0 Å². The number of aromatic nitrogens is 1. The number of carboxylic acid groups (broad SMARTS) is 1. The number of pyridine rings is 1. The van der Waals surface area contributed by atoms with Crippen LogP contribution in [0.4, 0.5) is 13.2 Å². The smallest absolute Gasteiger partial charge is 0.417 e. The van der Waals surface area contributed by atoms with Crippen molar-refractivity contribution < 1.29 is 23.1 Å². The molecule has 0 amide bonds. The highest BCUT2D eigenvalue weighted by Gasteiger charge is 2.33. The molecule has 0 aliphatic carbocycles. The number of carboxylic acids is 1. The van der Waals surface area contributed by atoms with Gasteiger partial charge in [-0.15, -0.1) is 0 Å². The molecule has 0 fully saturated rings. The third kappa shape index (κ3) is 4.67. The van der Waals surface area contributed by atoms with Gasteiger partial charge in [0.25, 0.3) is 0 Å². The SMILES string of the molecule is O=C(O)C=Cc1c(C(F)(F)F)ccnc1CCc1ccccc1. The second kappa shape index (κ2) is 7.09. The van der Waals surface area contributed by atoms with E-state index >= 15 is 0 Å². The standard InChI is InChI=1S/C17H14F3NO2/c18-17(19,20)14-10-11-21-15(13(14)7-9-16(22)23)8-6-12-4-2-1-3-5-12/h1-5,7,9-11H,6,8H2,(H,22,23). The van der Waals surface area contributed by atoms with Crippen LogP contribution in [-0.2, 0) is 23.8 Å². The summed E-state index contributed by atoms with van der Waals surface area (Å²) in [6.07, 6.45) is -1.02. The summed E-state index contributed by atoms with van der Waals surface area (Å²) in [4.78, 5) is 14.6. The fourth-order valence-electron chi connectivity index (χ4n) is 2.21. The van der Waals surface area contributed by atoms with Gasteiger partial charge in [-0.05, 0) is 30.5 Å². The van der Waals surface area contributed by atoms with E-state index in [9.17, 15) is 18.0 Å². The van der Waals surface area contributed by atoms with Gasteiger partial charge < -0.3 is 5.11 Å². The molecule has 0 spiro atoms. The Morgan fingerprint density at radius 1 is 1.13 bits per heavy atom. The van der Waals surface area contributed by atoms with Gasteiger partial charge in [0.05, 0.1) is 5.56 Å². The van der Waals surface area contributed by atoms with Crippen molar-refractivity contribution in [3.63, 3.8) is 0 Å². The van der Waals surface area contributed by atoms with Crippen molar-refractivity contribution in [3.05, 3.63) is 71.1 Å². The molecular formula is C17H14F3NO2. The van der Waals surface area contributed by atoms with Crippen molar-refractivity contribution in [2.24, 2.45) is 0 Å². The van der Waals surface area contributed by atoms with E-state index in [4.69, 9.17) is 5.11 Å². The maximum absolute atomic E-state index is 13.1. The van der Waals surface area contributed by atoms with Crippen molar-refractivity contribution in [1.29, 1.82) is 0 Å². The van der Waals surface area contributed by atoms with Crippen LogP contribution in [-0.4, -0.2) is 16.1 Å². The second-order valence-corrected chi connectivity index (χ2v) is 4.87. The van der Waals surface area contributed by atoms with Crippen molar-refractivity contribution in [2.45, 2.75) is 19.0 Å². The third-order valence-electron chi connectivity index (χ3n) is 3.26. The number of rotatable bonds is 5. The molecule has 23 heavy (non-hydrogen) atoms. The van der Waals surface area contributed by atoms with Crippen molar-refractivity contribution in [2.75, 3.05) is 0 Å². The highest BCUT2D eigenvalue weighted by Crippen LogP contribution is 2.33. The van der Waals surface area contributed by atoms with E-state index in [1.54, 1.807) is 0 Å². The molecule has 0 aliphatic heterocycles. The number of benzene rings is 1. The second-order valence-electron chi connectivity index (χ2n) is 4.87. The van der Waals surface area contributed by atoms with E-state index in [-0.39, 0.29) is 17.7 Å². The molecule has 0 radical (unpaired) electrons. The first-order chi connectivity index (χ1) is 10.9. The predicted octanol–water partition coefficient (Wildman–Crippen LogP) is 3.98. The maximum atomic E-state index is 13.1. The van der Waals surface area contributed by atoms with Gasteiger partial charge in [0.2, 0.25) is 0 Å². The van der Waals surface area contributed by atoms with Gasteiger partial charge in [-0.1, -0.05) is 30.3 Å². The molecule has 6 heteroatoms. The molecule has 1 heterocycles. The molecule has 120 valence electrons. The number of halogens is 3. The van der Waals surface area contributed by atoms with E-state index in [1.165, 1.54) is 0 Å². The van der Waals surface area contributed by atoms with Gasteiger partial charge in [0.15, 0.2) is 0 Å². The molecule has 0 bridgehead atoms. The summed E-state index contributed by atoms with van der Waals surface area (Å²) in [5.41, 5.74) is 0.118. The normalized spacial score (nSPS) is 11.8. The van der Waals surface area contributed by atoms with Crippen molar-refractivity contribution >= 4 is 12.0 Å². The molecular weight excluding hydrogens is 307 g/mol. The number of carbonyl (C=O) groups is 1.